The molecular formula is C17H18F2N2O2S. The van der Waals surface area contributed by atoms with Gasteiger partial charge in [0.15, 0.2) is 11.6 Å². The van der Waals surface area contributed by atoms with Crippen LogP contribution in [-0.4, -0.2) is 27.5 Å². The minimum atomic E-state index is -3.88. The summed E-state index contributed by atoms with van der Waals surface area (Å²) in [5, 5.41) is 0. The maximum atomic E-state index is 13.3. The van der Waals surface area contributed by atoms with Crippen molar-refractivity contribution in [2.24, 2.45) is 0 Å². The van der Waals surface area contributed by atoms with Crippen LogP contribution in [0.15, 0.2) is 53.4 Å². The Kier molecular flexibility index (Phi) is 4.82. The zero-order valence-electron chi connectivity index (χ0n) is 13.0. The van der Waals surface area contributed by atoms with E-state index in [0.717, 1.165) is 37.2 Å². The monoisotopic (exact) mass is 352 g/mol. The molecule has 1 aliphatic rings. The van der Waals surface area contributed by atoms with Gasteiger partial charge in [0.05, 0.1) is 4.90 Å². The molecule has 4 nitrogen and oxygen atoms in total. The molecule has 0 spiro atoms. The Morgan fingerprint density at radius 2 is 1.83 bits per heavy atom. The summed E-state index contributed by atoms with van der Waals surface area (Å²) in [4.78, 5) is 1.89. The second-order valence-corrected chi connectivity index (χ2v) is 7.52. The van der Waals surface area contributed by atoms with Crippen LogP contribution < -0.4 is 9.62 Å². The van der Waals surface area contributed by atoms with E-state index in [1.54, 1.807) is 0 Å². The first-order valence-corrected chi connectivity index (χ1v) is 9.22. The van der Waals surface area contributed by atoms with Gasteiger partial charge < -0.3 is 4.90 Å². The van der Waals surface area contributed by atoms with Crippen LogP contribution in [0, 0.1) is 11.6 Å². The van der Waals surface area contributed by atoms with Crippen LogP contribution in [0.4, 0.5) is 14.5 Å². The van der Waals surface area contributed by atoms with E-state index in [9.17, 15) is 17.2 Å². The SMILES string of the molecule is O=S(=O)(NCC1CCCN1c1ccccc1)c1ccc(F)c(F)c1. The Balaban J connectivity index is 1.71. The van der Waals surface area contributed by atoms with Gasteiger partial charge in [0.25, 0.3) is 0 Å². The van der Waals surface area contributed by atoms with Crippen LogP contribution in [0.1, 0.15) is 12.8 Å². The molecule has 0 bridgehead atoms. The summed E-state index contributed by atoms with van der Waals surface area (Å²) in [6, 6.07) is 12.4. The molecule has 1 unspecified atom stereocenters. The standard InChI is InChI=1S/C17H18F2N2O2S/c18-16-9-8-15(11-17(16)19)24(22,23)20-12-14-7-4-10-21(14)13-5-2-1-3-6-13/h1-3,5-6,8-9,11,14,20H,4,7,10,12H2. The average molecular weight is 352 g/mol. The van der Waals surface area contributed by atoms with Gasteiger partial charge in [0.2, 0.25) is 10.0 Å². The average Bonchev–Trinajstić information content (AvgIpc) is 3.05. The third-order valence-electron chi connectivity index (χ3n) is 4.18. The maximum absolute atomic E-state index is 13.3. The molecule has 2 aromatic rings. The predicted molar refractivity (Wildman–Crippen MR) is 88.4 cm³/mol. The lowest BCUT2D eigenvalue weighted by Crippen LogP contribution is -2.40. The fourth-order valence-electron chi connectivity index (χ4n) is 2.94. The smallest absolute Gasteiger partial charge is 0.240 e. The van der Waals surface area contributed by atoms with E-state index in [2.05, 4.69) is 9.62 Å². The number of para-hydroxylation sites is 1. The van der Waals surface area contributed by atoms with Crippen LogP contribution in [-0.2, 0) is 10.0 Å². The molecule has 1 heterocycles. The van der Waals surface area contributed by atoms with E-state index >= 15 is 0 Å². The fraction of sp³-hybridized carbons (Fsp3) is 0.294. The molecule has 0 aliphatic carbocycles. The predicted octanol–water partition coefficient (Wildman–Crippen LogP) is 2.91. The summed E-state index contributed by atoms with van der Waals surface area (Å²) >= 11 is 0. The van der Waals surface area contributed by atoms with Gasteiger partial charge in [-0.2, -0.15) is 0 Å². The number of nitrogens with zero attached hydrogens (tertiary/aromatic N) is 1. The lowest BCUT2D eigenvalue weighted by molar-refractivity contribution is 0.504. The fourth-order valence-corrected chi connectivity index (χ4v) is 4.02. The Hall–Kier alpha value is -1.99. The molecule has 2 aromatic carbocycles. The number of nitrogens with one attached hydrogen (secondary N) is 1. The van der Waals surface area contributed by atoms with Crippen molar-refractivity contribution in [2.45, 2.75) is 23.8 Å². The van der Waals surface area contributed by atoms with E-state index in [-0.39, 0.29) is 17.5 Å². The molecule has 0 amide bonds. The molecule has 1 fully saturated rings. The first-order valence-electron chi connectivity index (χ1n) is 7.74. The Morgan fingerprint density at radius 1 is 1.08 bits per heavy atom. The van der Waals surface area contributed by atoms with Crippen LogP contribution >= 0.6 is 0 Å². The second-order valence-electron chi connectivity index (χ2n) is 5.75. The number of rotatable bonds is 5. The number of halogens is 2. The van der Waals surface area contributed by atoms with E-state index in [0.29, 0.717) is 6.07 Å². The number of sulfonamides is 1. The van der Waals surface area contributed by atoms with E-state index < -0.39 is 21.7 Å². The molecule has 128 valence electrons. The molecule has 1 aliphatic heterocycles. The molecule has 0 radical (unpaired) electrons. The van der Waals surface area contributed by atoms with Crippen LogP contribution in [0.3, 0.4) is 0 Å². The summed E-state index contributed by atoms with van der Waals surface area (Å²) in [5.74, 6) is -2.25. The summed E-state index contributed by atoms with van der Waals surface area (Å²) in [6.45, 7) is 1.08. The summed E-state index contributed by atoms with van der Waals surface area (Å²) in [7, 11) is -3.88. The summed E-state index contributed by atoms with van der Waals surface area (Å²) in [5.41, 5.74) is 1.05. The van der Waals surface area contributed by atoms with Crippen molar-refractivity contribution >= 4 is 15.7 Å². The lowest BCUT2D eigenvalue weighted by Gasteiger charge is -2.27. The highest BCUT2D eigenvalue weighted by Gasteiger charge is 2.26. The van der Waals surface area contributed by atoms with E-state index in [1.807, 2.05) is 30.3 Å². The zero-order valence-corrected chi connectivity index (χ0v) is 13.8. The number of anilines is 1. The quantitative estimate of drug-likeness (QED) is 0.900. The van der Waals surface area contributed by atoms with Gasteiger partial charge >= 0.3 is 0 Å². The van der Waals surface area contributed by atoms with Crippen molar-refractivity contribution in [1.29, 1.82) is 0 Å². The third-order valence-corrected chi connectivity index (χ3v) is 5.60. The van der Waals surface area contributed by atoms with E-state index in [4.69, 9.17) is 0 Å². The van der Waals surface area contributed by atoms with Crippen molar-refractivity contribution in [1.82, 2.24) is 4.72 Å². The van der Waals surface area contributed by atoms with Gasteiger partial charge in [0, 0.05) is 24.8 Å². The molecular weight excluding hydrogens is 334 g/mol. The van der Waals surface area contributed by atoms with Gasteiger partial charge in [-0.15, -0.1) is 0 Å². The van der Waals surface area contributed by atoms with Crippen molar-refractivity contribution in [3.63, 3.8) is 0 Å². The molecule has 3 rings (SSSR count). The van der Waals surface area contributed by atoms with E-state index in [1.165, 1.54) is 0 Å². The van der Waals surface area contributed by atoms with Crippen LogP contribution in [0.5, 0.6) is 0 Å². The largest absolute Gasteiger partial charge is 0.367 e. The molecule has 0 saturated carbocycles. The van der Waals surface area contributed by atoms with Crippen molar-refractivity contribution in [3.8, 4) is 0 Å². The normalized spacial score (nSPS) is 18.1. The second kappa shape index (κ2) is 6.86. The molecule has 24 heavy (non-hydrogen) atoms. The van der Waals surface area contributed by atoms with Gasteiger partial charge in [-0.05, 0) is 43.2 Å². The maximum Gasteiger partial charge on any atom is 0.240 e. The van der Waals surface area contributed by atoms with Gasteiger partial charge in [0.1, 0.15) is 0 Å². The molecule has 0 aromatic heterocycles. The highest BCUT2D eigenvalue weighted by molar-refractivity contribution is 7.89. The summed E-state index contributed by atoms with van der Waals surface area (Å²) < 4.78 is 53.3. The van der Waals surface area contributed by atoms with Gasteiger partial charge in [-0.25, -0.2) is 21.9 Å². The van der Waals surface area contributed by atoms with Crippen molar-refractivity contribution in [2.75, 3.05) is 18.0 Å². The van der Waals surface area contributed by atoms with Crippen LogP contribution in [0.25, 0.3) is 0 Å². The topological polar surface area (TPSA) is 49.4 Å². The minimum absolute atomic E-state index is 0.0347. The highest BCUT2D eigenvalue weighted by Crippen LogP contribution is 2.25. The first kappa shape index (κ1) is 16.9. The number of benzene rings is 2. The minimum Gasteiger partial charge on any atom is -0.367 e. The Labute approximate surface area is 140 Å². The number of hydrogen-bond donors (Lipinski definition) is 1. The third kappa shape index (κ3) is 3.57. The van der Waals surface area contributed by atoms with Gasteiger partial charge in [-0.1, -0.05) is 18.2 Å². The highest BCUT2D eigenvalue weighted by atomic mass is 32.2. The first-order chi connectivity index (χ1) is 11.5. The summed E-state index contributed by atoms with van der Waals surface area (Å²) in [6.07, 6.45) is 1.85. The number of hydrogen-bond acceptors (Lipinski definition) is 3. The van der Waals surface area contributed by atoms with Crippen molar-refractivity contribution in [3.05, 3.63) is 60.2 Å². The van der Waals surface area contributed by atoms with Crippen LogP contribution in [0.2, 0.25) is 0 Å². The van der Waals surface area contributed by atoms with Gasteiger partial charge in [-0.3, -0.25) is 0 Å². The molecule has 1 atom stereocenters. The molecule has 7 heteroatoms. The Morgan fingerprint density at radius 3 is 2.54 bits per heavy atom. The zero-order chi connectivity index (χ0) is 17.2. The van der Waals surface area contributed by atoms with Crippen molar-refractivity contribution < 1.29 is 17.2 Å². The molecule has 1 saturated heterocycles. The molecule has 1 N–H and O–H groups in total. The lowest BCUT2D eigenvalue weighted by atomic mass is 10.2. The Bertz CT molecular complexity index is 813.